The van der Waals surface area contributed by atoms with Crippen molar-refractivity contribution in [2.75, 3.05) is 0 Å². The summed E-state index contributed by atoms with van der Waals surface area (Å²) in [6.45, 7) is 0. The van der Waals surface area contributed by atoms with E-state index in [0.717, 1.165) is 16.8 Å². The van der Waals surface area contributed by atoms with Gasteiger partial charge in [0.05, 0.1) is 22.1 Å². The molecule has 0 aliphatic carbocycles. The van der Waals surface area contributed by atoms with Gasteiger partial charge in [-0.25, -0.2) is 0 Å². The van der Waals surface area contributed by atoms with Crippen LogP contribution in [0.15, 0.2) is 152 Å². The van der Waals surface area contributed by atoms with Gasteiger partial charge in [-0.15, -0.1) is 0 Å². The van der Waals surface area contributed by atoms with Gasteiger partial charge in [0.25, 0.3) is 0 Å². The quantitative estimate of drug-likeness (QED) is 0.221. The van der Waals surface area contributed by atoms with Crippen molar-refractivity contribution >= 4 is 54.4 Å². The van der Waals surface area contributed by atoms with Crippen molar-refractivity contribution in [1.29, 1.82) is 0 Å². The highest BCUT2D eigenvalue weighted by atomic mass is 15.0. The van der Waals surface area contributed by atoms with Gasteiger partial charge in [-0.1, -0.05) is 84.9 Å². The predicted octanol–water partition coefficient (Wildman–Crippen LogP) is 10.1. The van der Waals surface area contributed by atoms with E-state index in [1.54, 1.807) is 0 Å². The summed E-state index contributed by atoms with van der Waals surface area (Å²) in [5, 5.41) is 7.54. The third kappa shape index (κ3) is 3.31. The highest BCUT2D eigenvalue weighted by molar-refractivity contribution is 6.22. The van der Waals surface area contributed by atoms with Gasteiger partial charge in [0, 0.05) is 50.7 Å². The molecule has 0 unspecified atom stereocenters. The van der Waals surface area contributed by atoms with Gasteiger partial charge in [0.1, 0.15) is 0 Å². The lowest BCUT2D eigenvalue weighted by Crippen LogP contribution is -1.95. The zero-order valence-electron chi connectivity index (χ0n) is 22.8. The molecule has 0 radical (unpaired) electrons. The molecule has 0 fully saturated rings. The summed E-state index contributed by atoms with van der Waals surface area (Å²) >= 11 is 0. The molecular formula is C39H25N3. The van der Waals surface area contributed by atoms with E-state index >= 15 is 0 Å². The van der Waals surface area contributed by atoms with Gasteiger partial charge in [-0.05, 0) is 71.1 Å². The molecule has 0 saturated heterocycles. The minimum atomic E-state index is 1.12. The summed E-state index contributed by atoms with van der Waals surface area (Å²) in [6.07, 6.45) is 3.73. The Kier molecular flexibility index (Phi) is 4.90. The molecule has 9 aromatic rings. The maximum atomic E-state index is 4.31. The molecule has 6 aromatic carbocycles. The number of hydrogen-bond acceptors (Lipinski definition) is 1. The van der Waals surface area contributed by atoms with Gasteiger partial charge < -0.3 is 9.13 Å². The zero-order valence-corrected chi connectivity index (χ0v) is 22.8. The van der Waals surface area contributed by atoms with E-state index in [1.165, 1.54) is 60.1 Å². The Morgan fingerprint density at radius 1 is 0.405 bits per heavy atom. The van der Waals surface area contributed by atoms with Crippen LogP contribution in [0.5, 0.6) is 0 Å². The molecule has 0 saturated carbocycles. The third-order valence-corrected chi connectivity index (χ3v) is 8.58. The summed E-state index contributed by atoms with van der Waals surface area (Å²) in [6, 6.07) is 50.5. The molecule has 3 heteroatoms. The summed E-state index contributed by atoms with van der Waals surface area (Å²) in [7, 11) is 0. The Hall–Kier alpha value is -5.67. The first-order chi connectivity index (χ1) is 20.8. The number of aromatic nitrogens is 3. The molecule has 0 spiro atoms. The topological polar surface area (TPSA) is 22.8 Å². The molecule has 0 bridgehead atoms. The van der Waals surface area contributed by atoms with E-state index < -0.39 is 0 Å². The molecule has 0 N–H and O–H groups in total. The van der Waals surface area contributed by atoms with Crippen LogP contribution in [0.2, 0.25) is 0 Å². The second kappa shape index (κ2) is 8.92. The first-order valence-electron chi connectivity index (χ1n) is 14.3. The van der Waals surface area contributed by atoms with Crippen LogP contribution in [0.1, 0.15) is 0 Å². The predicted molar refractivity (Wildman–Crippen MR) is 176 cm³/mol. The highest BCUT2D eigenvalue weighted by Gasteiger charge is 2.18. The summed E-state index contributed by atoms with van der Waals surface area (Å²) in [5.74, 6) is 0. The summed E-state index contributed by atoms with van der Waals surface area (Å²) < 4.78 is 4.83. The van der Waals surface area contributed by atoms with Gasteiger partial charge in [0.2, 0.25) is 0 Å². The third-order valence-electron chi connectivity index (χ3n) is 8.58. The molecule has 0 aliphatic heterocycles. The van der Waals surface area contributed by atoms with Crippen molar-refractivity contribution in [2.45, 2.75) is 0 Å². The maximum absolute atomic E-state index is 4.31. The Bertz CT molecular complexity index is 2430. The summed E-state index contributed by atoms with van der Waals surface area (Å²) in [4.78, 5) is 4.31. The average molecular weight is 536 g/mol. The molecule has 196 valence electrons. The number of rotatable bonds is 3. The van der Waals surface area contributed by atoms with Crippen LogP contribution in [0, 0.1) is 0 Å². The fraction of sp³-hybridized carbons (Fsp3) is 0. The van der Waals surface area contributed by atoms with Crippen LogP contribution in [0.25, 0.3) is 76.9 Å². The lowest BCUT2D eigenvalue weighted by Gasteiger charge is -2.12. The van der Waals surface area contributed by atoms with Crippen molar-refractivity contribution < 1.29 is 0 Å². The number of benzene rings is 6. The molecule has 0 aliphatic rings. The normalized spacial score (nSPS) is 11.8. The lowest BCUT2D eigenvalue weighted by atomic mass is 10.0. The average Bonchev–Trinajstić information content (AvgIpc) is 3.57. The molecule has 3 heterocycles. The van der Waals surface area contributed by atoms with Crippen LogP contribution in [-0.4, -0.2) is 14.1 Å². The van der Waals surface area contributed by atoms with Gasteiger partial charge in [0.15, 0.2) is 0 Å². The number of hydrogen-bond donors (Lipinski definition) is 0. The number of para-hydroxylation sites is 3. The minimum Gasteiger partial charge on any atom is -0.309 e. The van der Waals surface area contributed by atoms with Gasteiger partial charge in [-0.3, -0.25) is 4.98 Å². The standard InChI is InChI=1S/C39H25N3/c1-2-10-29(11-3-1)42-37-15-7-4-12-31(37)33-21-18-27-23-35-32-13-5-6-14-36(32)41(38(35)24-34(27)39(33)42)30-19-16-26(17-20-30)28-9-8-22-40-25-28/h1-25H. The van der Waals surface area contributed by atoms with Crippen molar-refractivity contribution in [1.82, 2.24) is 14.1 Å². The van der Waals surface area contributed by atoms with Crippen molar-refractivity contribution in [3.8, 4) is 22.5 Å². The summed E-state index contributed by atoms with van der Waals surface area (Å²) in [5.41, 5.74) is 9.46. The van der Waals surface area contributed by atoms with Crippen LogP contribution >= 0.6 is 0 Å². The fourth-order valence-electron chi connectivity index (χ4n) is 6.71. The monoisotopic (exact) mass is 535 g/mol. The van der Waals surface area contributed by atoms with Crippen molar-refractivity contribution in [3.63, 3.8) is 0 Å². The highest BCUT2D eigenvalue weighted by Crippen LogP contribution is 2.40. The van der Waals surface area contributed by atoms with Crippen LogP contribution in [0.4, 0.5) is 0 Å². The van der Waals surface area contributed by atoms with E-state index in [0.29, 0.717) is 0 Å². The van der Waals surface area contributed by atoms with E-state index in [4.69, 9.17) is 0 Å². The SMILES string of the molecule is c1ccc(-n2c3ccccc3c3ccc4cc5c6ccccc6n(-c6ccc(-c7cccnc7)cc6)c5cc4c32)cc1. The lowest BCUT2D eigenvalue weighted by molar-refractivity contribution is 1.18. The smallest absolute Gasteiger partial charge is 0.0620 e. The second-order valence-corrected chi connectivity index (χ2v) is 10.9. The van der Waals surface area contributed by atoms with E-state index in [1.807, 2.05) is 18.5 Å². The minimum absolute atomic E-state index is 1.12. The maximum Gasteiger partial charge on any atom is 0.0620 e. The van der Waals surface area contributed by atoms with Crippen LogP contribution < -0.4 is 0 Å². The second-order valence-electron chi connectivity index (χ2n) is 10.9. The zero-order chi connectivity index (χ0) is 27.6. The van der Waals surface area contributed by atoms with Crippen LogP contribution in [-0.2, 0) is 0 Å². The number of nitrogens with zero attached hydrogens (tertiary/aromatic N) is 3. The van der Waals surface area contributed by atoms with Crippen molar-refractivity contribution in [2.24, 2.45) is 0 Å². The molecule has 9 rings (SSSR count). The van der Waals surface area contributed by atoms with E-state index in [9.17, 15) is 0 Å². The molecular weight excluding hydrogens is 510 g/mol. The van der Waals surface area contributed by atoms with Gasteiger partial charge in [-0.2, -0.15) is 0 Å². The molecule has 42 heavy (non-hydrogen) atoms. The first-order valence-corrected chi connectivity index (χ1v) is 14.3. The largest absolute Gasteiger partial charge is 0.309 e. The number of fused-ring (bicyclic) bond motifs is 8. The fourth-order valence-corrected chi connectivity index (χ4v) is 6.71. The van der Waals surface area contributed by atoms with Crippen molar-refractivity contribution in [3.05, 3.63) is 152 Å². The molecule has 3 nitrogen and oxygen atoms in total. The van der Waals surface area contributed by atoms with E-state index in [2.05, 4.69) is 148 Å². The molecule has 3 aromatic heterocycles. The Morgan fingerprint density at radius 2 is 1.10 bits per heavy atom. The Labute approximate surface area is 242 Å². The van der Waals surface area contributed by atoms with Gasteiger partial charge >= 0.3 is 0 Å². The molecule has 0 amide bonds. The Balaban J connectivity index is 1.38. The molecule has 0 atom stereocenters. The van der Waals surface area contributed by atoms with E-state index in [-0.39, 0.29) is 0 Å². The number of pyridine rings is 1. The first kappa shape index (κ1) is 23.1. The van der Waals surface area contributed by atoms with Crippen LogP contribution in [0.3, 0.4) is 0 Å². The Morgan fingerprint density at radius 3 is 1.86 bits per heavy atom.